The average molecular weight is 259 g/mol. The van der Waals surface area contributed by atoms with Gasteiger partial charge in [-0.3, -0.25) is 0 Å². The fraction of sp³-hybridized carbons (Fsp3) is 0.667. The zero-order valence-electron chi connectivity index (χ0n) is 12.8. The van der Waals surface area contributed by atoms with Gasteiger partial charge in [-0.15, -0.1) is 0 Å². The molecule has 1 unspecified atom stereocenters. The molecule has 2 rings (SSSR count). The molecule has 0 bridgehead atoms. The zero-order valence-corrected chi connectivity index (χ0v) is 12.8. The first-order valence-electron chi connectivity index (χ1n) is 8.03. The maximum atomic E-state index is 3.65. The van der Waals surface area contributed by atoms with E-state index in [1.165, 1.54) is 44.1 Å². The molecule has 0 aromatic heterocycles. The molecule has 0 saturated carbocycles. The standard InChI is InChI=1S/C18H29N/c1-4-19-18(11-8-14(2)3)13-15-9-10-16-6-5-7-17(16)12-15/h9-10,12,14,18-19H,4-8,11,13H2,1-3H3. The highest BCUT2D eigenvalue weighted by molar-refractivity contribution is 5.35. The Labute approximate surface area is 118 Å². The molecule has 0 heterocycles. The summed E-state index contributed by atoms with van der Waals surface area (Å²) in [5, 5.41) is 3.65. The maximum Gasteiger partial charge on any atom is 0.0107 e. The molecule has 0 spiro atoms. The highest BCUT2D eigenvalue weighted by Gasteiger charge is 2.13. The zero-order chi connectivity index (χ0) is 13.7. The van der Waals surface area contributed by atoms with Crippen LogP contribution in [0.5, 0.6) is 0 Å². The van der Waals surface area contributed by atoms with Crippen LogP contribution in [0.4, 0.5) is 0 Å². The lowest BCUT2D eigenvalue weighted by atomic mass is 9.96. The molecule has 1 aromatic carbocycles. The summed E-state index contributed by atoms with van der Waals surface area (Å²) >= 11 is 0. The highest BCUT2D eigenvalue weighted by atomic mass is 14.9. The second kappa shape index (κ2) is 7.09. The third kappa shape index (κ3) is 4.35. The second-order valence-electron chi connectivity index (χ2n) is 6.39. The molecule has 1 N–H and O–H groups in total. The molecule has 1 nitrogen and oxygen atoms in total. The maximum absolute atomic E-state index is 3.65. The summed E-state index contributed by atoms with van der Waals surface area (Å²) in [4.78, 5) is 0. The molecule has 1 aliphatic rings. The summed E-state index contributed by atoms with van der Waals surface area (Å²) in [6, 6.07) is 7.82. The van der Waals surface area contributed by atoms with Crippen molar-refractivity contribution >= 4 is 0 Å². The number of aryl methyl sites for hydroxylation is 2. The molecule has 0 amide bonds. The van der Waals surface area contributed by atoms with Crippen LogP contribution >= 0.6 is 0 Å². The Bertz CT molecular complexity index is 395. The van der Waals surface area contributed by atoms with E-state index in [0.717, 1.165) is 12.5 Å². The fourth-order valence-corrected chi connectivity index (χ4v) is 3.14. The molecule has 0 radical (unpaired) electrons. The first kappa shape index (κ1) is 14.6. The number of hydrogen-bond donors (Lipinski definition) is 1. The van der Waals surface area contributed by atoms with Gasteiger partial charge < -0.3 is 5.32 Å². The smallest absolute Gasteiger partial charge is 0.0107 e. The van der Waals surface area contributed by atoms with E-state index in [9.17, 15) is 0 Å². The van der Waals surface area contributed by atoms with Crippen LogP contribution in [0.1, 0.15) is 56.7 Å². The normalized spacial score (nSPS) is 15.8. The fourth-order valence-electron chi connectivity index (χ4n) is 3.14. The first-order chi connectivity index (χ1) is 9.19. The van der Waals surface area contributed by atoms with E-state index in [4.69, 9.17) is 0 Å². The Kier molecular flexibility index (Phi) is 5.45. The van der Waals surface area contributed by atoms with Crippen molar-refractivity contribution in [3.05, 3.63) is 34.9 Å². The van der Waals surface area contributed by atoms with Gasteiger partial charge in [0.05, 0.1) is 0 Å². The number of hydrogen-bond acceptors (Lipinski definition) is 1. The minimum atomic E-state index is 0.645. The predicted octanol–water partition coefficient (Wildman–Crippen LogP) is 4.13. The lowest BCUT2D eigenvalue weighted by molar-refractivity contribution is 0.434. The monoisotopic (exact) mass is 259 g/mol. The van der Waals surface area contributed by atoms with Crippen LogP contribution in [0.15, 0.2) is 18.2 Å². The van der Waals surface area contributed by atoms with E-state index in [0.29, 0.717) is 6.04 Å². The van der Waals surface area contributed by atoms with Crippen LogP contribution in [-0.2, 0) is 19.3 Å². The minimum Gasteiger partial charge on any atom is -0.314 e. The van der Waals surface area contributed by atoms with Crippen molar-refractivity contribution in [3.63, 3.8) is 0 Å². The predicted molar refractivity (Wildman–Crippen MR) is 83.7 cm³/mol. The summed E-state index contributed by atoms with van der Waals surface area (Å²) in [5.41, 5.74) is 4.72. The average Bonchev–Trinajstić information content (AvgIpc) is 2.83. The van der Waals surface area contributed by atoms with Gasteiger partial charge in [0.25, 0.3) is 0 Å². The quantitative estimate of drug-likeness (QED) is 0.776. The van der Waals surface area contributed by atoms with Gasteiger partial charge >= 0.3 is 0 Å². The molecule has 0 fully saturated rings. The molecule has 1 atom stereocenters. The number of benzene rings is 1. The first-order valence-corrected chi connectivity index (χ1v) is 8.03. The topological polar surface area (TPSA) is 12.0 Å². The Morgan fingerprint density at radius 3 is 2.63 bits per heavy atom. The Morgan fingerprint density at radius 2 is 1.89 bits per heavy atom. The molecule has 1 aliphatic carbocycles. The SMILES string of the molecule is CCNC(CCC(C)C)Cc1ccc2c(c1)CCC2. The number of fused-ring (bicyclic) bond motifs is 1. The van der Waals surface area contributed by atoms with Gasteiger partial charge in [0.1, 0.15) is 0 Å². The molecular formula is C18H29N. The van der Waals surface area contributed by atoms with Crippen molar-refractivity contribution in [1.82, 2.24) is 5.32 Å². The van der Waals surface area contributed by atoms with Crippen molar-refractivity contribution in [2.45, 2.75) is 65.3 Å². The van der Waals surface area contributed by atoms with Gasteiger partial charge in [0.15, 0.2) is 0 Å². The van der Waals surface area contributed by atoms with Crippen molar-refractivity contribution in [2.75, 3.05) is 6.54 Å². The van der Waals surface area contributed by atoms with Gasteiger partial charge in [-0.1, -0.05) is 39.0 Å². The van der Waals surface area contributed by atoms with E-state index >= 15 is 0 Å². The molecule has 106 valence electrons. The van der Waals surface area contributed by atoms with Gasteiger partial charge in [0.2, 0.25) is 0 Å². The molecule has 1 aromatic rings. The lowest BCUT2D eigenvalue weighted by Crippen LogP contribution is -2.31. The summed E-state index contributed by atoms with van der Waals surface area (Å²) in [7, 11) is 0. The van der Waals surface area contributed by atoms with E-state index < -0.39 is 0 Å². The Balaban J connectivity index is 1.96. The molecule has 0 saturated heterocycles. The highest BCUT2D eigenvalue weighted by Crippen LogP contribution is 2.23. The van der Waals surface area contributed by atoms with Crippen LogP contribution in [0.3, 0.4) is 0 Å². The van der Waals surface area contributed by atoms with Gasteiger partial charge in [-0.2, -0.15) is 0 Å². The molecule has 1 heteroatoms. The third-order valence-corrected chi connectivity index (χ3v) is 4.23. The summed E-state index contributed by atoms with van der Waals surface area (Å²) < 4.78 is 0. The van der Waals surface area contributed by atoms with Gasteiger partial charge in [-0.05, 0) is 67.7 Å². The molecular weight excluding hydrogens is 230 g/mol. The van der Waals surface area contributed by atoms with Gasteiger partial charge in [0, 0.05) is 6.04 Å². The van der Waals surface area contributed by atoms with Crippen LogP contribution in [0.25, 0.3) is 0 Å². The van der Waals surface area contributed by atoms with E-state index in [1.807, 2.05) is 0 Å². The van der Waals surface area contributed by atoms with Crippen LogP contribution in [-0.4, -0.2) is 12.6 Å². The van der Waals surface area contributed by atoms with Crippen LogP contribution in [0, 0.1) is 5.92 Å². The van der Waals surface area contributed by atoms with E-state index in [1.54, 1.807) is 11.1 Å². The third-order valence-electron chi connectivity index (χ3n) is 4.23. The summed E-state index contributed by atoms with van der Waals surface area (Å²) in [5.74, 6) is 0.807. The summed E-state index contributed by atoms with van der Waals surface area (Å²) in [6.07, 6.45) is 7.74. The van der Waals surface area contributed by atoms with E-state index in [-0.39, 0.29) is 0 Å². The molecule has 19 heavy (non-hydrogen) atoms. The number of rotatable bonds is 7. The number of likely N-dealkylation sites (N-methyl/N-ethyl adjacent to an activating group) is 1. The summed E-state index contributed by atoms with van der Waals surface area (Å²) in [6.45, 7) is 7.93. The van der Waals surface area contributed by atoms with Crippen LogP contribution < -0.4 is 5.32 Å². The second-order valence-corrected chi connectivity index (χ2v) is 6.39. The van der Waals surface area contributed by atoms with E-state index in [2.05, 4.69) is 44.3 Å². The Morgan fingerprint density at radius 1 is 1.11 bits per heavy atom. The number of nitrogens with one attached hydrogen (secondary N) is 1. The Hall–Kier alpha value is -0.820. The molecule has 0 aliphatic heterocycles. The minimum absolute atomic E-state index is 0.645. The van der Waals surface area contributed by atoms with Crippen molar-refractivity contribution < 1.29 is 0 Å². The van der Waals surface area contributed by atoms with Gasteiger partial charge in [-0.25, -0.2) is 0 Å². The van der Waals surface area contributed by atoms with Crippen molar-refractivity contribution in [2.24, 2.45) is 5.92 Å². The van der Waals surface area contributed by atoms with Crippen molar-refractivity contribution in [3.8, 4) is 0 Å². The lowest BCUT2D eigenvalue weighted by Gasteiger charge is -2.19. The largest absolute Gasteiger partial charge is 0.314 e. The van der Waals surface area contributed by atoms with Crippen LogP contribution in [0.2, 0.25) is 0 Å². The van der Waals surface area contributed by atoms with Crippen molar-refractivity contribution in [1.29, 1.82) is 0 Å².